The van der Waals surface area contributed by atoms with Crippen LogP contribution < -0.4 is 16.4 Å². The van der Waals surface area contributed by atoms with E-state index in [1.54, 1.807) is 0 Å². The Kier molecular flexibility index (Phi) is 7.28. The van der Waals surface area contributed by atoms with Crippen LogP contribution in [-0.2, 0) is 9.53 Å². The van der Waals surface area contributed by atoms with Crippen molar-refractivity contribution < 1.29 is 19.1 Å². The van der Waals surface area contributed by atoms with Crippen LogP contribution in [0.4, 0.5) is 9.59 Å². The molecule has 0 radical (unpaired) electrons. The Morgan fingerprint density at radius 1 is 1.26 bits per heavy atom. The molecule has 8 nitrogen and oxygen atoms in total. The van der Waals surface area contributed by atoms with Gasteiger partial charge in [0.05, 0.1) is 0 Å². The van der Waals surface area contributed by atoms with Crippen LogP contribution in [0.15, 0.2) is 0 Å². The maximum Gasteiger partial charge on any atom is 0.407 e. The molecule has 1 aliphatic rings. The maximum atomic E-state index is 11.7. The fraction of sp³-hybridized carbons (Fsp3) is 0.800. The van der Waals surface area contributed by atoms with Crippen molar-refractivity contribution in [1.82, 2.24) is 15.5 Å². The summed E-state index contributed by atoms with van der Waals surface area (Å²) in [6.45, 7) is 7.32. The zero-order chi connectivity index (χ0) is 17.5. The lowest BCUT2D eigenvalue weighted by molar-refractivity contribution is -0.120. The summed E-state index contributed by atoms with van der Waals surface area (Å²) in [6, 6.07) is -0.672. The van der Waals surface area contributed by atoms with E-state index in [0.717, 1.165) is 25.8 Å². The molecule has 0 aliphatic carbocycles. The Morgan fingerprint density at radius 3 is 2.57 bits per heavy atom. The first-order valence-electron chi connectivity index (χ1n) is 7.97. The van der Waals surface area contributed by atoms with Crippen molar-refractivity contribution in [3.05, 3.63) is 0 Å². The van der Waals surface area contributed by atoms with Gasteiger partial charge in [-0.2, -0.15) is 0 Å². The normalized spacial score (nSPS) is 19.0. The number of nitrogens with two attached hydrogens (primary N) is 1. The second kappa shape index (κ2) is 8.71. The van der Waals surface area contributed by atoms with Crippen LogP contribution in [0, 0.1) is 0 Å². The Hall–Kier alpha value is -1.83. The molecule has 1 atom stereocenters. The molecule has 4 amide bonds. The summed E-state index contributed by atoms with van der Waals surface area (Å²) >= 11 is 0. The minimum atomic E-state index is -0.836. The molecule has 0 aromatic carbocycles. The largest absolute Gasteiger partial charge is 0.444 e. The molecule has 23 heavy (non-hydrogen) atoms. The number of hydrogen-bond donors (Lipinski definition) is 3. The van der Waals surface area contributed by atoms with Gasteiger partial charge < -0.3 is 15.8 Å². The van der Waals surface area contributed by atoms with E-state index in [4.69, 9.17) is 10.5 Å². The summed E-state index contributed by atoms with van der Waals surface area (Å²) in [5.74, 6) is -0.387. The Bertz CT molecular complexity index is 434. The number of carbonyl (C=O) groups excluding carboxylic acids is 3. The van der Waals surface area contributed by atoms with Crippen molar-refractivity contribution in [2.45, 2.75) is 58.1 Å². The first-order valence-corrected chi connectivity index (χ1v) is 7.97. The Morgan fingerprint density at radius 2 is 1.96 bits per heavy atom. The zero-order valence-electron chi connectivity index (χ0n) is 14.2. The highest BCUT2D eigenvalue weighted by Gasteiger charge is 2.24. The molecule has 1 aliphatic heterocycles. The maximum absolute atomic E-state index is 11.7. The second-order valence-corrected chi connectivity index (χ2v) is 6.73. The second-order valence-electron chi connectivity index (χ2n) is 6.73. The molecule has 0 spiro atoms. The molecule has 8 heteroatoms. The highest BCUT2D eigenvalue weighted by molar-refractivity contribution is 5.93. The van der Waals surface area contributed by atoms with Crippen LogP contribution >= 0.6 is 0 Å². The number of carbonyl (C=O) groups is 3. The van der Waals surface area contributed by atoms with Crippen LogP contribution in [0.3, 0.4) is 0 Å². The molecular weight excluding hydrogens is 300 g/mol. The number of ether oxygens (including phenoxy) is 1. The third-order valence-corrected chi connectivity index (χ3v) is 3.52. The van der Waals surface area contributed by atoms with Gasteiger partial charge >= 0.3 is 12.1 Å². The van der Waals surface area contributed by atoms with Gasteiger partial charge in [0.1, 0.15) is 5.60 Å². The summed E-state index contributed by atoms with van der Waals surface area (Å²) in [5, 5.41) is 4.84. The van der Waals surface area contributed by atoms with Crippen LogP contribution in [0.5, 0.6) is 0 Å². The van der Waals surface area contributed by atoms with Gasteiger partial charge in [-0.3, -0.25) is 15.0 Å². The van der Waals surface area contributed by atoms with Crippen molar-refractivity contribution >= 4 is 18.0 Å². The molecule has 0 saturated carbocycles. The van der Waals surface area contributed by atoms with Gasteiger partial charge in [0.25, 0.3) is 0 Å². The molecule has 132 valence electrons. The third kappa shape index (κ3) is 8.39. The van der Waals surface area contributed by atoms with E-state index in [0.29, 0.717) is 13.1 Å². The summed E-state index contributed by atoms with van der Waals surface area (Å²) in [4.78, 5) is 36.0. The highest BCUT2D eigenvalue weighted by atomic mass is 16.6. The molecule has 1 rings (SSSR count). The minimum absolute atomic E-state index is 0.164. The molecule has 4 N–H and O–H groups in total. The molecule has 1 fully saturated rings. The number of primary amides is 1. The standard InChI is InChI=1S/C15H28N4O4/c1-15(2,3)23-14(22)17-10-11-6-4-5-8-19(11)9-7-12(20)18-13(16)21/h11H,4-10H2,1-3H3,(H,17,22)(H3,16,18,20,21). The van der Waals surface area contributed by atoms with Crippen molar-refractivity contribution in [2.24, 2.45) is 5.73 Å². The monoisotopic (exact) mass is 328 g/mol. The van der Waals surface area contributed by atoms with Crippen molar-refractivity contribution in [2.75, 3.05) is 19.6 Å². The average molecular weight is 328 g/mol. The van der Waals surface area contributed by atoms with Crippen molar-refractivity contribution in [3.8, 4) is 0 Å². The fourth-order valence-corrected chi connectivity index (χ4v) is 2.55. The first-order chi connectivity index (χ1) is 10.7. The first kappa shape index (κ1) is 19.2. The molecule has 0 aromatic heterocycles. The molecule has 0 bridgehead atoms. The predicted molar refractivity (Wildman–Crippen MR) is 85.8 cm³/mol. The lowest BCUT2D eigenvalue weighted by atomic mass is 10.0. The number of nitrogens with one attached hydrogen (secondary N) is 2. The molecule has 1 heterocycles. The molecule has 1 unspecified atom stereocenters. The van der Waals surface area contributed by atoms with Crippen LogP contribution in [0.1, 0.15) is 46.5 Å². The molecular formula is C15H28N4O4. The van der Waals surface area contributed by atoms with Gasteiger partial charge in [-0.05, 0) is 40.2 Å². The number of rotatable bonds is 5. The van der Waals surface area contributed by atoms with Crippen molar-refractivity contribution in [1.29, 1.82) is 0 Å². The zero-order valence-corrected chi connectivity index (χ0v) is 14.2. The number of likely N-dealkylation sites (tertiary alicyclic amines) is 1. The van der Waals surface area contributed by atoms with E-state index in [1.807, 2.05) is 20.8 Å². The number of hydrogen-bond acceptors (Lipinski definition) is 5. The van der Waals surface area contributed by atoms with E-state index in [2.05, 4.69) is 15.5 Å². The highest BCUT2D eigenvalue weighted by Crippen LogP contribution is 2.17. The Labute approximate surface area is 137 Å². The van der Waals surface area contributed by atoms with Crippen molar-refractivity contribution in [3.63, 3.8) is 0 Å². The predicted octanol–water partition coefficient (Wildman–Crippen LogP) is 0.951. The van der Waals surface area contributed by atoms with E-state index in [1.165, 1.54) is 0 Å². The summed E-state index contributed by atoms with van der Waals surface area (Å²) in [5.41, 5.74) is 4.39. The quantitative estimate of drug-likeness (QED) is 0.695. The van der Waals surface area contributed by atoms with E-state index < -0.39 is 17.7 Å². The van der Waals surface area contributed by atoms with Gasteiger partial charge in [-0.15, -0.1) is 0 Å². The van der Waals surface area contributed by atoms with Crippen LogP contribution in [0.2, 0.25) is 0 Å². The Balaban J connectivity index is 2.40. The van der Waals surface area contributed by atoms with Gasteiger partial charge in [0.15, 0.2) is 0 Å². The number of piperidine rings is 1. The number of alkyl carbamates (subject to hydrolysis) is 1. The number of amides is 4. The third-order valence-electron chi connectivity index (χ3n) is 3.52. The van der Waals surface area contributed by atoms with Gasteiger partial charge in [-0.1, -0.05) is 6.42 Å². The molecule has 0 aromatic rings. The summed E-state index contributed by atoms with van der Waals surface area (Å²) in [6.07, 6.45) is 2.86. The fourth-order valence-electron chi connectivity index (χ4n) is 2.55. The smallest absolute Gasteiger partial charge is 0.407 e. The van der Waals surface area contributed by atoms with Gasteiger partial charge in [-0.25, -0.2) is 9.59 Å². The van der Waals surface area contributed by atoms with E-state index in [-0.39, 0.29) is 18.4 Å². The lowest BCUT2D eigenvalue weighted by Gasteiger charge is -2.35. The summed E-state index contributed by atoms with van der Waals surface area (Å²) in [7, 11) is 0. The van der Waals surface area contributed by atoms with E-state index >= 15 is 0 Å². The SMILES string of the molecule is CC(C)(C)OC(=O)NCC1CCCCN1CCC(=O)NC(N)=O. The van der Waals surface area contributed by atoms with Crippen LogP contribution in [-0.4, -0.2) is 54.2 Å². The van der Waals surface area contributed by atoms with Gasteiger partial charge in [0.2, 0.25) is 5.91 Å². The topological polar surface area (TPSA) is 114 Å². The molecule has 1 saturated heterocycles. The average Bonchev–Trinajstić information content (AvgIpc) is 2.41. The van der Waals surface area contributed by atoms with Gasteiger partial charge in [0, 0.05) is 25.6 Å². The number of nitrogens with zero attached hydrogens (tertiary/aromatic N) is 1. The van der Waals surface area contributed by atoms with Crippen LogP contribution in [0.25, 0.3) is 0 Å². The summed E-state index contributed by atoms with van der Waals surface area (Å²) < 4.78 is 5.22. The number of urea groups is 1. The minimum Gasteiger partial charge on any atom is -0.444 e. The lowest BCUT2D eigenvalue weighted by Crippen LogP contribution is -2.48. The van der Waals surface area contributed by atoms with E-state index in [9.17, 15) is 14.4 Å². The number of imide groups is 1.